The number of nitrogens with one attached hydrogen (secondary N) is 1. The van der Waals surface area contributed by atoms with Gasteiger partial charge in [-0.2, -0.15) is 0 Å². The fourth-order valence-corrected chi connectivity index (χ4v) is 3.58. The maximum absolute atomic E-state index is 12.7. The number of benzene rings is 1. The molecule has 0 bridgehead atoms. The second kappa shape index (κ2) is 7.57. The summed E-state index contributed by atoms with van der Waals surface area (Å²) in [7, 11) is -0.542. The summed E-state index contributed by atoms with van der Waals surface area (Å²) in [4.78, 5) is 25.7. The molecule has 0 spiro atoms. The van der Waals surface area contributed by atoms with Gasteiger partial charge in [0, 0.05) is 26.6 Å². The van der Waals surface area contributed by atoms with Crippen LogP contribution in [0, 0.1) is 0 Å². The molecule has 2 aliphatic rings. The summed E-state index contributed by atoms with van der Waals surface area (Å²) < 4.78 is 18.1. The van der Waals surface area contributed by atoms with E-state index < -0.39 is 23.9 Å². The Balaban J connectivity index is 1.94. The monoisotopic (exact) mass is 416 g/mol. The zero-order valence-corrected chi connectivity index (χ0v) is 19.3. The molecule has 8 heteroatoms. The van der Waals surface area contributed by atoms with Gasteiger partial charge in [-0.25, -0.2) is 4.79 Å². The molecule has 30 heavy (non-hydrogen) atoms. The highest BCUT2D eigenvalue weighted by Crippen LogP contribution is 2.37. The normalized spacial score (nSPS) is 19.6. The molecule has 0 aliphatic carbocycles. The number of ether oxygens (including phenoxy) is 1. The molecule has 0 radical (unpaired) electrons. The number of hydrogen-bond acceptors (Lipinski definition) is 5. The van der Waals surface area contributed by atoms with Crippen molar-refractivity contribution in [2.45, 2.75) is 91.8 Å². The highest BCUT2D eigenvalue weighted by molar-refractivity contribution is 6.62. The van der Waals surface area contributed by atoms with Gasteiger partial charge in [-0.1, -0.05) is 12.1 Å². The number of carbonyl (C=O) groups is 2. The van der Waals surface area contributed by atoms with Crippen molar-refractivity contribution in [2.24, 2.45) is 0 Å². The van der Waals surface area contributed by atoms with E-state index >= 15 is 0 Å². The van der Waals surface area contributed by atoms with E-state index in [2.05, 4.69) is 5.32 Å². The van der Waals surface area contributed by atoms with Crippen LogP contribution in [0.15, 0.2) is 12.1 Å². The van der Waals surface area contributed by atoms with Crippen LogP contribution in [0.25, 0.3) is 0 Å². The smallest absolute Gasteiger partial charge is 0.444 e. The van der Waals surface area contributed by atoms with E-state index in [9.17, 15) is 9.59 Å². The SMILES string of the molecule is CC(=O)NCc1cc2c(c(B3OC(C)(C)C(C)(C)O3)c1)CN(C(=O)OC(C)(C)C)C2. The number of nitrogens with zero attached hydrogens (tertiary/aromatic N) is 1. The van der Waals surface area contributed by atoms with Crippen molar-refractivity contribution in [1.82, 2.24) is 10.2 Å². The summed E-state index contributed by atoms with van der Waals surface area (Å²) >= 11 is 0. The first-order valence-electron chi connectivity index (χ1n) is 10.4. The maximum atomic E-state index is 12.7. The van der Waals surface area contributed by atoms with E-state index in [-0.39, 0.29) is 12.0 Å². The Kier molecular flexibility index (Phi) is 5.71. The van der Waals surface area contributed by atoms with Crippen LogP contribution in [0.2, 0.25) is 0 Å². The van der Waals surface area contributed by atoms with Crippen LogP contribution in [0.3, 0.4) is 0 Å². The Morgan fingerprint density at radius 1 is 1.13 bits per heavy atom. The van der Waals surface area contributed by atoms with Crippen molar-refractivity contribution >= 4 is 24.6 Å². The van der Waals surface area contributed by atoms with Crippen molar-refractivity contribution < 1.29 is 23.6 Å². The molecule has 1 N–H and O–H groups in total. The van der Waals surface area contributed by atoms with Gasteiger partial charge in [-0.3, -0.25) is 9.69 Å². The van der Waals surface area contributed by atoms with Crippen LogP contribution >= 0.6 is 0 Å². The summed E-state index contributed by atoms with van der Waals surface area (Å²) in [5.74, 6) is -0.0944. The van der Waals surface area contributed by atoms with Gasteiger partial charge < -0.3 is 19.4 Å². The summed E-state index contributed by atoms with van der Waals surface area (Å²) in [6.07, 6.45) is -0.345. The molecule has 2 aliphatic heterocycles. The zero-order chi connectivity index (χ0) is 22.5. The number of hydrogen-bond donors (Lipinski definition) is 1. The molecular weight excluding hydrogens is 383 g/mol. The average Bonchev–Trinajstić information content (AvgIpc) is 3.09. The molecule has 3 rings (SSSR count). The Bertz CT molecular complexity index is 844. The zero-order valence-electron chi connectivity index (χ0n) is 19.3. The van der Waals surface area contributed by atoms with Crippen molar-refractivity contribution in [1.29, 1.82) is 0 Å². The van der Waals surface area contributed by atoms with Crippen LogP contribution in [0.4, 0.5) is 4.79 Å². The lowest BCUT2D eigenvalue weighted by atomic mass is 9.74. The summed E-state index contributed by atoms with van der Waals surface area (Å²) in [5.41, 5.74) is 2.39. The molecule has 2 heterocycles. The second-order valence-corrected chi connectivity index (χ2v) is 10.2. The van der Waals surface area contributed by atoms with Gasteiger partial charge in [-0.05, 0) is 70.6 Å². The first-order chi connectivity index (χ1) is 13.7. The van der Waals surface area contributed by atoms with Gasteiger partial charge in [-0.15, -0.1) is 0 Å². The Hall–Kier alpha value is -2.06. The third kappa shape index (κ3) is 4.65. The van der Waals surface area contributed by atoms with Crippen molar-refractivity contribution in [2.75, 3.05) is 0 Å². The van der Waals surface area contributed by atoms with Gasteiger partial charge in [0.05, 0.1) is 11.2 Å². The lowest BCUT2D eigenvalue weighted by molar-refractivity contribution is -0.119. The molecule has 0 aromatic heterocycles. The predicted octanol–water partition coefficient (Wildman–Crippen LogP) is 2.87. The van der Waals surface area contributed by atoms with Gasteiger partial charge in [0.1, 0.15) is 5.60 Å². The number of fused-ring (bicyclic) bond motifs is 1. The molecule has 0 atom stereocenters. The van der Waals surface area contributed by atoms with E-state index in [1.165, 1.54) is 6.92 Å². The molecule has 1 saturated heterocycles. The molecule has 0 saturated carbocycles. The van der Waals surface area contributed by atoms with Crippen molar-refractivity contribution in [3.05, 3.63) is 28.8 Å². The van der Waals surface area contributed by atoms with Gasteiger partial charge in [0.15, 0.2) is 0 Å². The minimum atomic E-state index is -0.559. The van der Waals surface area contributed by atoms with E-state index in [4.69, 9.17) is 14.0 Å². The largest absolute Gasteiger partial charge is 0.495 e. The van der Waals surface area contributed by atoms with Crippen LogP contribution in [0.5, 0.6) is 0 Å². The molecular formula is C22H33BN2O5. The Morgan fingerprint density at radius 2 is 1.73 bits per heavy atom. The standard InChI is InChI=1S/C22H33BN2O5/c1-14(26)24-11-15-9-16-12-25(19(27)28-20(2,3)4)13-17(16)18(10-15)23-29-21(5,6)22(7,8)30-23/h9-10H,11-13H2,1-8H3,(H,24,26). The highest BCUT2D eigenvalue weighted by atomic mass is 16.7. The summed E-state index contributed by atoms with van der Waals surface area (Å²) in [6.45, 7) is 16.4. The fraction of sp³-hybridized carbons (Fsp3) is 0.636. The first-order valence-corrected chi connectivity index (χ1v) is 10.4. The molecule has 2 amide bonds. The maximum Gasteiger partial charge on any atom is 0.495 e. The lowest BCUT2D eigenvalue weighted by Crippen LogP contribution is -2.41. The van der Waals surface area contributed by atoms with Crippen LogP contribution in [0.1, 0.15) is 72.1 Å². The minimum Gasteiger partial charge on any atom is -0.444 e. The first kappa shape index (κ1) is 22.6. The van der Waals surface area contributed by atoms with Crippen molar-refractivity contribution in [3.8, 4) is 0 Å². The molecule has 7 nitrogen and oxygen atoms in total. The molecule has 1 aromatic rings. The summed E-state index contributed by atoms with van der Waals surface area (Å²) in [6, 6.07) is 4.04. The van der Waals surface area contributed by atoms with E-state index in [0.29, 0.717) is 19.6 Å². The molecule has 0 unspecified atom stereocenters. The predicted molar refractivity (Wildman–Crippen MR) is 115 cm³/mol. The number of rotatable bonds is 3. The average molecular weight is 416 g/mol. The van der Waals surface area contributed by atoms with Crippen LogP contribution < -0.4 is 10.8 Å². The van der Waals surface area contributed by atoms with Gasteiger partial charge in [0.25, 0.3) is 0 Å². The van der Waals surface area contributed by atoms with Crippen molar-refractivity contribution in [3.63, 3.8) is 0 Å². The fourth-order valence-electron chi connectivity index (χ4n) is 3.58. The number of carbonyl (C=O) groups excluding carboxylic acids is 2. The minimum absolute atomic E-state index is 0.0944. The van der Waals surface area contributed by atoms with E-state index in [1.807, 2.05) is 60.6 Å². The molecule has 164 valence electrons. The lowest BCUT2D eigenvalue weighted by Gasteiger charge is -2.32. The Labute approximate surface area is 179 Å². The second-order valence-electron chi connectivity index (χ2n) is 10.2. The Morgan fingerprint density at radius 3 is 2.27 bits per heavy atom. The topological polar surface area (TPSA) is 77.1 Å². The molecule has 1 fully saturated rings. The van der Waals surface area contributed by atoms with E-state index in [0.717, 1.165) is 22.2 Å². The van der Waals surface area contributed by atoms with Gasteiger partial charge >= 0.3 is 13.2 Å². The molecule has 1 aromatic carbocycles. The number of amides is 2. The highest BCUT2D eigenvalue weighted by Gasteiger charge is 2.52. The summed E-state index contributed by atoms with van der Waals surface area (Å²) in [5, 5.41) is 2.84. The third-order valence-electron chi connectivity index (χ3n) is 5.85. The van der Waals surface area contributed by atoms with E-state index in [1.54, 1.807) is 4.90 Å². The van der Waals surface area contributed by atoms with Gasteiger partial charge in [0.2, 0.25) is 5.91 Å². The van der Waals surface area contributed by atoms with Crippen LogP contribution in [-0.4, -0.2) is 40.8 Å². The third-order valence-corrected chi connectivity index (χ3v) is 5.85. The quantitative estimate of drug-likeness (QED) is 0.767. The van der Waals surface area contributed by atoms with Crippen LogP contribution in [-0.2, 0) is 38.5 Å².